The van der Waals surface area contributed by atoms with Crippen LogP contribution in [0.25, 0.3) is 0 Å². The summed E-state index contributed by atoms with van der Waals surface area (Å²) in [4.78, 5) is 24.2. The van der Waals surface area contributed by atoms with Crippen molar-refractivity contribution < 1.29 is 44.2 Å². The summed E-state index contributed by atoms with van der Waals surface area (Å²) >= 11 is 0. The summed E-state index contributed by atoms with van der Waals surface area (Å²) in [6.07, 6.45) is 43.3. The number of Topliss-reactive ketones (excluding diaryl/α,β-unsaturated/α-hetero) is 1. The monoisotopic (exact) mass is 1430 g/mol. The van der Waals surface area contributed by atoms with Crippen molar-refractivity contribution in [1.29, 1.82) is 0 Å². The molecule has 33 atom stereocenters. The maximum Gasteiger partial charge on any atom is 0.305 e. The topological polar surface area (TPSA) is 143 Å². The largest absolute Gasteiger partial charge is 0.469 e. The van der Waals surface area contributed by atoms with Crippen LogP contribution in [0.15, 0.2) is 23.3 Å². The minimum Gasteiger partial charge on any atom is -0.469 e. The van der Waals surface area contributed by atoms with Gasteiger partial charge in [-0.1, -0.05) is 113 Å². The molecule has 16 aliphatic carbocycles. The molecule has 0 aromatic heterocycles. The van der Waals surface area contributed by atoms with E-state index in [1.165, 1.54) is 129 Å². The molecule has 1 saturated heterocycles. The lowest BCUT2D eigenvalue weighted by molar-refractivity contribution is -0.251. The average molecular weight is 1430 g/mol. The number of esters is 1. The number of carbonyl (C=O) groups is 2. The summed E-state index contributed by atoms with van der Waals surface area (Å²) in [6.45, 7) is 44.4. The predicted octanol–water partition coefficient (Wildman–Crippen LogP) is 21.5. The summed E-state index contributed by atoms with van der Waals surface area (Å²) in [5, 5.41) is 42.8. The molecule has 1 aliphatic heterocycles. The molecule has 15 saturated carbocycles. The van der Waals surface area contributed by atoms with Crippen molar-refractivity contribution in [2.75, 3.05) is 20.3 Å². The van der Waals surface area contributed by atoms with Crippen LogP contribution in [-0.4, -0.2) is 80.7 Å². The highest BCUT2D eigenvalue weighted by molar-refractivity contribution is 5.87. The Morgan fingerprint density at radius 2 is 0.835 bits per heavy atom. The first-order valence-corrected chi connectivity index (χ1v) is 44.2. The molecule has 584 valence electrons. The molecule has 17 rings (SSSR count). The van der Waals surface area contributed by atoms with Crippen LogP contribution in [0, 0.1) is 168 Å². The fourth-order valence-electron chi connectivity index (χ4n) is 33.4. The second kappa shape index (κ2) is 27.1. The zero-order valence-electron chi connectivity index (χ0n) is 69.4. The van der Waals surface area contributed by atoms with E-state index in [1.807, 2.05) is 6.92 Å². The molecule has 0 aromatic carbocycles. The minimum absolute atomic E-state index is 0.00968. The number of allylic oxidation sites excluding steroid dienone is 4. The Labute approximate surface area is 628 Å². The van der Waals surface area contributed by atoms with E-state index in [0.29, 0.717) is 86.1 Å². The van der Waals surface area contributed by atoms with Crippen molar-refractivity contribution in [3.05, 3.63) is 23.3 Å². The molecule has 17 aliphatic rings. The molecule has 0 bridgehead atoms. The van der Waals surface area contributed by atoms with Crippen LogP contribution in [0.5, 0.6) is 0 Å². The van der Waals surface area contributed by atoms with E-state index in [4.69, 9.17) is 14.2 Å². The molecule has 0 radical (unpaired) electrons. The molecule has 1 spiro atoms. The van der Waals surface area contributed by atoms with Gasteiger partial charge < -0.3 is 34.6 Å². The third kappa shape index (κ3) is 12.7. The molecule has 9 nitrogen and oxygen atoms in total. The summed E-state index contributed by atoms with van der Waals surface area (Å²) in [7, 11) is 1.49. The molecule has 16 fully saturated rings. The van der Waals surface area contributed by atoms with Crippen molar-refractivity contribution >= 4 is 11.8 Å². The maximum absolute atomic E-state index is 12.5. The van der Waals surface area contributed by atoms with Gasteiger partial charge in [0.1, 0.15) is 5.78 Å². The molecule has 4 N–H and O–H groups in total. The lowest BCUT2D eigenvalue weighted by atomic mass is 9.42. The molecule has 103 heavy (non-hydrogen) atoms. The van der Waals surface area contributed by atoms with E-state index < -0.39 is 22.4 Å². The Morgan fingerprint density at radius 3 is 1.26 bits per heavy atom. The van der Waals surface area contributed by atoms with Gasteiger partial charge in [0.05, 0.1) is 42.7 Å². The number of ketones is 1. The first kappa shape index (κ1) is 78.1. The van der Waals surface area contributed by atoms with Crippen LogP contribution in [0.4, 0.5) is 0 Å². The zero-order valence-corrected chi connectivity index (χ0v) is 69.4. The van der Waals surface area contributed by atoms with Gasteiger partial charge in [0.2, 0.25) is 0 Å². The molecule has 0 amide bonds. The van der Waals surface area contributed by atoms with Crippen molar-refractivity contribution in [2.24, 2.45) is 168 Å². The SMILES string of the molecule is C/C=C1/CC[C@H]2[C@@H]3C[C@@H](C)[C@H]4CC(C)(O)CC[C@]4(C)[C@H]3CC[C@]12C.COC(=O)CC[C@@H](C)C1=CC[C@H]2[C@@H]3C[C@@H](C)[C@H]4C[C@@](C)(O)CC[C@]4(C)[C@H]3CC[C@]12C.C[C@@H]1C[C@@H]2[C@H](CC[C@@]3(C)[C@H]2CCC32OCCO2)[C@@]2(C)CCC(C)(O)C[C@H]12.C[C@@H]1C[C@@H]2[C@H](CC[C@]3(C)C(=O)CC[C@@H]23)[C@@]2(C)CCC(C)(O)C[C@H]12. The number of methoxy groups -OCH3 is 1. The van der Waals surface area contributed by atoms with E-state index in [-0.39, 0.29) is 22.6 Å². The first-order valence-electron chi connectivity index (χ1n) is 44.2. The van der Waals surface area contributed by atoms with Gasteiger partial charge in [-0.05, 0) is 384 Å². The first-order chi connectivity index (χ1) is 48.1. The molecule has 0 aromatic rings. The Hall–Kier alpha value is -1.62. The lowest BCUT2D eigenvalue weighted by Gasteiger charge is -2.64. The van der Waals surface area contributed by atoms with Crippen LogP contribution >= 0.6 is 0 Å². The number of aliphatic hydroxyl groups is 4. The van der Waals surface area contributed by atoms with Gasteiger partial charge in [-0.15, -0.1) is 0 Å². The minimum atomic E-state index is -0.467. The second-order valence-corrected chi connectivity index (χ2v) is 44.7. The van der Waals surface area contributed by atoms with Crippen molar-refractivity contribution in [3.63, 3.8) is 0 Å². The van der Waals surface area contributed by atoms with E-state index in [1.54, 1.807) is 11.1 Å². The van der Waals surface area contributed by atoms with Crippen LogP contribution in [0.2, 0.25) is 0 Å². The van der Waals surface area contributed by atoms with Gasteiger partial charge in [-0.3, -0.25) is 9.59 Å². The van der Waals surface area contributed by atoms with Crippen LogP contribution in [0.1, 0.15) is 337 Å². The highest BCUT2D eigenvalue weighted by Crippen LogP contribution is 2.75. The number of hydrogen-bond donors (Lipinski definition) is 4. The third-order valence-electron chi connectivity index (χ3n) is 39.2. The normalized spacial score (nSPS) is 55.9. The highest BCUT2D eigenvalue weighted by atomic mass is 16.7. The summed E-state index contributed by atoms with van der Waals surface area (Å²) in [6, 6.07) is 0. The van der Waals surface area contributed by atoms with Gasteiger partial charge in [0, 0.05) is 30.1 Å². The highest BCUT2D eigenvalue weighted by Gasteiger charge is 2.70. The number of fused-ring (bicyclic) bond motifs is 21. The Morgan fingerprint density at radius 1 is 0.466 bits per heavy atom. The van der Waals surface area contributed by atoms with Gasteiger partial charge in [0.25, 0.3) is 0 Å². The van der Waals surface area contributed by atoms with E-state index in [0.717, 1.165) is 180 Å². The Balaban J connectivity index is 0.000000117. The van der Waals surface area contributed by atoms with Crippen LogP contribution < -0.4 is 0 Å². The quantitative estimate of drug-likeness (QED) is 0.160. The standard InChI is InChI=1S/C27H44O3.C23H38O3.C23H38O.C21H34O2/c1-17(7-10-24(28)30-6)20-8-9-21-19-15-18(2)23-16-25(3,29)13-14-27(23,5)22(19)11-12-26(20,21)4;1-15-13-16-17(21(3)10-9-20(2,24)14-19(15)21)5-7-22(4)18(16)6-8-23(22)25-11-12-26-23;1-6-16-7-8-18-17-13-15(2)20-14-21(3,24)11-12-23(20,5)19(17)9-10-22(16,18)4;1-13-11-14-15-5-6-18(22)21(15,4)8-7-16(14)20(3)10-9-19(2,23)12-17(13)20/h8,17-19,21-23,29H,7,9-16H2,1-6H3;15-19,24H,5-14H2,1-4H3;6,15,17-20,24H,7-14H2,1-5H3;13-17,23H,5-12H2,1-4H3/b;;16-6-;/t17-,18-,19+,21+,22+,23-,25+,26-,27-;15-,16-,17+,18+,19-,20?,21-,22+;15-,17+,18+,19+,20-,21?,22-,23-;13-,14+,15+,16+,17-,19?,20-,21+/m1111/s1. The zero-order chi connectivity index (χ0) is 74.2. The maximum atomic E-state index is 12.5. The fraction of sp³-hybridized carbons (Fsp3) is 0.936. The Bertz CT molecular complexity index is 3190. The van der Waals surface area contributed by atoms with Crippen molar-refractivity contribution in [2.45, 2.75) is 365 Å². The lowest BCUT2D eigenvalue weighted by Crippen LogP contribution is -2.59. The summed E-state index contributed by atoms with van der Waals surface area (Å²) in [5.41, 5.74) is 4.27. The molecular formula is C94H154O9. The van der Waals surface area contributed by atoms with Crippen molar-refractivity contribution in [3.8, 4) is 0 Å². The van der Waals surface area contributed by atoms with E-state index in [9.17, 15) is 30.0 Å². The second-order valence-electron chi connectivity index (χ2n) is 44.7. The van der Waals surface area contributed by atoms with Gasteiger partial charge in [-0.25, -0.2) is 0 Å². The number of ether oxygens (including phenoxy) is 3. The number of rotatable bonds is 4. The van der Waals surface area contributed by atoms with E-state index >= 15 is 0 Å². The fourth-order valence-corrected chi connectivity index (χ4v) is 33.4. The van der Waals surface area contributed by atoms with Crippen LogP contribution in [-0.2, 0) is 23.8 Å². The van der Waals surface area contributed by atoms with Crippen LogP contribution in [0.3, 0.4) is 0 Å². The van der Waals surface area contributed by atoms with Gasteiger partial charge >= 0.3 is 5.97 Å². The average Bonchev–Trinajstić information content (AvgIpc) is 1.61. The molecule has 9 heteroatoms. The summed E-state index contributed by atoms with van der Waals surface area (Å²) < 4.78 is 17.4. The third-order valence-corrected chi connectivity index (χ3v) is 39.2. The number of carbonyl (C=O) groups excluding carboxylic acids is 2. The van der Waals surface area contributed by atoms with Gasteiger partial charge in [0.15, 0.2) is 5.79 Å². The summed E-state index contributed by atoms with van der Waals surface area (Å²) in [5.74, 6) is 16.0. The molecular weight excluding hydrogens is 1270 g/mol. The van der Waals surface area contributed by atoms with Gasteiger partial charge in [-0.2, -0.15) is 0 Å². The van der Waals surface area contributed by atoms with Crippen molar-refractivity contribution in [1.82, 2.24) is 0 Å². The predicted molar refractivity (Wildman–Crippen MR) is 415 cm³/mol. The smallest absolute Gasteiger partial charge is 0.305 e. The molecule has 3 unspecified atom stereocenters. The molecule has 1 heterocycles. The Kier molecular flexibility index (Phi) is 20.5. The van der Waals surface area contributed by atoms with E-state index in [2.05, 4.69) is 130 Å². The number of hydrogen-bond acceptors (Lipinski definition) is 9.